The smallest absolute Gasteiger partial charge is 0.268 e. The van der Waals surface area contributed by atoms with E-state index in [0.717, 1.165) is 17.7 Å². The molecule has 1 aromatic heterocycles. The maximum atomic E-state index is 12.9. The second-order valence-corrected chi connectivity index (χ2v) is 8.08. The van der Waals surface area contributed by atoms with Crippen molar-refractivity contribution in [3.63, 3.8) is 0 Å². The summed E-state index contributed by atoms with van der Waals surface area (Å²) in [5.74, 6) is 0. The molecule has 0 saturated heterocycles. The predicted octanol–water partition coefficient (Wildman–Crippen LogP) is 4.08. The van der Waals surface area contributed by atoms with Crippen LogP contribution in [0.5, 0.6) is 0 Å². The molecule has 0 radical (unpaired) electrons. The van der Waals surface area contributed by atoms with E-state index in [9.17, 15) is 21.6 Å². The fourth-order valence-electron chi connectivity index (χ4n) is 2.59. The molecule has 5 nitrogen and oxygen atoms in total. The lowest BCUT2D eigenvalue weighted by molar-refractivity contribution is -0.137. The van der Waals surface area contributed by atoms with E-state index in [2.05, 4.69) is 9.82 Å². The van der Waals surface area contributed by atoms with Crippen LogP contribution in [0.4, 0.5) is 13.2 Å². The maximum Gasteiger partial charge on any atom is 0.416 e. The third kappa shape index (κ3) is 4.73. The normalized spacial score (nSPS) is 12.3. The molecule has 10 heteroatoms. The van der Waals surface area contributed by atoms with Crippen LogP contribution in [0.2, 0.25) is 5.02 Å². The zero-order chi connectivity index (χ0) is 20.4. The first kappa shape index (κ1) is 20.4. The van der Waals surface area contributed by atoms with Gasteiger partial charge in [0, 0.05) is 18.9 Å². The van der Waals surface area contributed by atoms with E-state index in [1.165, 1.54) is 0 Å². The quantitative estimate of drug-likeness (QED) is 0.642. The first-order valence-corrected chi connectivity index (χ1v) is 9.93. The van der Waals surface area contributed by atoms with Gasteiger partial charge < -0.3 is 0 Å². The molecular formula is C18H15ClF3N3O2S. The highest BCUT2D eigenvalue weighted by atomic mass is 35.5. The van der Waals surface area contributed by atoms with Gasteiger partial charge in [-0.2, -0.15) is 18.3 Å². The lowest BCUT2D eigenvalue weighted by Crippen LogP contribution is -2.25. The molecule has 148 valence electrons. The molecule has 0 unspecified atom stereocenters. The lowest BCUT2D eigenvalue weighted by atomic mass is 10.1. The number of halogens is 4. The van der Waals surface area contributed by atoms with Crippen molar-refractivity contribution in [2.45, 2.75) is 24.2 Å². The number of nitrogens with one attached hydrogen (secondary N) is 1. The van der Waals surface area contributed by atoms with Crippen molar-refractivity contribution in [2.24, 2.45) is 0 Å². The van der Waals surface area contributed by atoms with E-state index in [1.807, 2.05) is 6.07 Å². The highest BCUT2D eigenvalue weighted by molar-refractivity contribution is 7.89. The Hall–Kier alpha value is -2.36. The van der Waals surface area contributed by atoms with Crippen molar-refractivity contribution < 1.29 is 21.6 Å². The molecule has 0 aliphatic rings. The number of rotatable bonds is 6. The number of hydrogen-bond acceptors (Lipinski definition) is 3. The van der Waals surface area contributed by atoms with Gasteiger partial charge in [0.1, 0.15) is 4.90 Å². The first-order valence-electron chi connectivity index (χ1n) is 8.07. The molecule has 0 amide bonds. The highest BCUT2D eigenvalue weighted by Gasteiger charge is 2.32. The number of benzene rings is 2. The minimum Gasteiger partial charge on any atom is -0.268 e. The number of hydrogen-bond donors (Lipinski definition) is 1. The van der Waals surface area contributed by atoms with Crippen molar-refractivity contribution in [2.75, 3.05) is 0 Å². The summed E-state index contributed by atoms with van der Waals surface area (Å²) < 4.78 is 67.8. The average molecular weight is 430 g/mol. The van der Waals surface area contributed by atoms with E-state index in [1.54, 1.807) is 41.3 Å². The van der Waals surface area contributed by atoms with E-state index < -0.39 is 26.7 Å². The number of alkyl halides is 3. The summed E-state index contributed by atoms with van der Waals surface area (Å²) in [7, 11) is -4.26. The molecule has 2 aromatic carbocycles. The molecule has 1 N–H and O–H groups in total. The van der Waals surface area contributed by atoms with Gasteiger partial charge in [0.25, 0.3) is 0 Å². The zero-order valence-corrected chi connectivity index (χ0v) is 15.9. The summed E-state index contributed by atoms with van der Waals surface area (Å²) in [4.78, 5) is -0.617. The Morgan fingerprint density at radius 3 is 2.43 bits per heavy atom. The molecule has 3 rings (SSSR count). The average Bonchev–Trinajstić information content (AvgIpc) is 3.13. The second-order valence-electron chi connectivity index (χ2n) is 5.94. The van der Waals surface area contributed by atoms with Gasteiger partial charge in [0.05, 0.1) is 17.1 Å². The molecule has 28 heavy (non-hydrogen) atoms. The summed E-state index contributed by atoms with van der Waals surface area (Å²) in [5.41, 5.74) is 0.407. The van der Waals surface area contributed by atoms with Crippen LogP contribution >= 0.6 is 11.6 Å². The first-order chi connectivity index (χ1) is 13.2. The predicted molar refractivity (Wildman–Crippen MR) is 98.3 cm³/mol. The van der Waals surface area contributed by atoms with Crippen LogP contribution in [0.15, 0.2) is 65.8 Å². The van der Waals surface area contributed by atoms with Crippen LogP contribution in [0, 0.1) is 0 Å². The highest BCUT2D eigenvalue weighted by Crippen LogP contribution is 2.33. The molecular weight excluding hydrogens is 415 g/mol. The maximum absolute atomic E-state index is 12.9. The standard InChI is InChI=1S/C18H15ClF3N3O2S/c19-16-7-6-15(18(20,21)22)10-17(16)28(26,27)24-11-13-4-1-2-5-14(13)12-25-9-3-8-23-25/h1-10,24H,11-12H2. The molecule has 0 bridgehead atoms. The van der Waals surface area contributed by atoms with Crippen molar-refractivity contribution in [1.82, 2.24) is 14.5 Å². The monoisotopic (exact) mass is 429 g/mol. The van der Waals surface area contributed by atoms with Crippen LogP contribution in [0.1, 0.15) is 16.7 Å². The van der Waals surface area contributed by atoms with Crippen LogP contribution in [0.3, 0.4) is 0 Å². The Bertz CT molecular complexity index is 1070. The lowest BCUT2D eigenvalue weighted by Gasteiger charge is -2.14. The van der Waals surface area contributed by atoms with Gasteiger partial charge in [-0.1, -0.05) is 35.9 Å². The van der Waals surface area contributed by atoms with Crippen LogP contribution < -0.4 is 4.72 Å². The molecule has 0 aliphatic carbocycles. The van der Waals surface area contributed by atoms with Crippen LogP contribution in [0.25, 0.3) is 0 Å². The van der Waals surface area contributed by atoms with Gasteiger partial charge in [-0.25, -0.2) is 13.1 Å². The van der Waals surface area contributed by atoms with Crippen LogP contribution in [-0.4, -0.2) is 18.2 Å². The van der Waals surface area contributed by atoms with Gasteiger partial charge in [0.15, 0.2) is 0 Å². The van der Waals surface area contributed by atoms with E-state index in [-0.39, 0.29) is 11.6 Å². The van der Waals surface area contributed by atoms with Gasteiger partial charge in [-0.05, 0) is 35.4 Å². The Kier molecular flexibility index (Phi) is 5.78. The Balaban J connectivity index is 1.83. The number of nitrogens with zero attached hydrogens (tertiary/aromatic N) is 2. The van der Waals surface area contributed by atoms with Crippen molar-refractivity contribution in [3.05, 3.63) is 82.6 Å². The largest absolute Gasteiger partial charge is 0.416 e. The van der Waals surface area contributed by atoms with Crippen LogP contribution in [-0.2, 0) is 29.3 Å². The zero-order valence-electron chi connectivity index (χ0n) is 14.3. The molecule has 0 aliphatic heterocycles. The Morgan fingerprint density at radius 2 is 1.79 bits per heavy atom. The molecule has 1 heterocycles. The third-order valence-corrected chi connectivity index (χ3v) is 5.89. The van der Waals surface area contributed by atoms with E-state index in [0.29, 0.717) is 18.2 Å². The fraction of sp³-hybridized carbons (Fsp3) is 0.167. The fourth-order valence-corrected chi connectivity index (χ4v) is 4.12. The molecule has 3 aromatic rings. The van der Waals surface area contributed by atoms with Gasteiger partial charge in [0.2, 0.25) is 10.0 Å². The van der Waals surface area contributed by atoms with E-state index in [4.69, 9.17) is 11.6 Å². The molecule has 0 saturated carbocycles. The molecule has 0 spiro atoms. The summed E-state index contributed by atoms with van der Waals surface area (Å²) in [6.45, 7) is 0.321. The number of aromatic nitrogens is 2. The molecule has 0 fully saturated rings. The number of sulfonamides is 1. The topological polar surface area (TPSA) is 64.0 Å². The second kappa shape index (κ2) is 7.94. The van der Waals surface area contributed by atoms with Gasteiger partial charge >= 0.3 is 6.18 Å². The summed E-state index contributed by atoms with van der Waals surface area (Å²) in [5, 5.41) is 3.82. The minimum absolute atomic E-state index is 0.105. The van der Waals surface area contributed by atoms with Crippen molar-refractivity contribution >= 4 is 21.6 Å². The summed E-state index contributed by atoms with van der Waals surface area (Å²) >= 11 is 5.84. The van der Waals surface area contributed by atoms with Crippen molar-refractivity contribution in [3.8, 4) is 0 Å². The summed E-state index contributed by atoms with van der Waals surface area (Å²) in [6.07, 6.45) is -1.28. The molecule has 0 atom stereocenters. The van der Waals surface area contributed by atoms with Gasteiger partial charge in [-0.15, -0.1) is 0 Å². The summed E-state index contributed by atoms with van der Waals surface area (Å²) in [6, 6.07) is 11.1. The van der Waals surface area contributed by atoms with Crippen molar-refractivity contribution in [1.29, 1.82) is 0 Å². The van der Waals surface area contributed by atoms with E-state index >= 15 is 0 Å². The Labute approximate surface area is 164 Å². The SMILES string of the molecule is O=S(=O)(NCc1ccccc1Cn1cccn1)c1cc(C(F)(F)F)ccc1Cl. The van der Waals surface area contributed by atoms with Gasteiger partial charge in [-0.3, -0.25) is 4.68 Å². The minimum atomic E-state index is -4.68. The third-order valence-electron chi connectivity index (χ3n) is 4.01. The Morgan fingerprint density at radius 1 is 1.07 bits per heavy atom.